The zero-order chi connectivity index (χ0) is 20.5. The average molecular weight is 389 g/mol. The van der Waals surface area contributed by atoms with Crippen molar-refractivity contribution in [1.82, 2.24) is 0 Å². The van der Waals surface area contributed by atoms with Crippen LogP contribution in [0.1, 0.15) is 36.5 Å². The van der Waals surface area contributed by atoms with Gasteiger partial charge in [0.05, 0.1) is 18.5 Å². The first kappa shape index (κ1) is 20.8. The van der Waals surface area contributed by atoms with E-state index in [0.29, 0.717) is 19.4 Å². The molecule has 0 heterocycles. The standard InChI is InChI=1S/C26H28O3/c1-2-24(27)20-25(28)18-19-29-26(21-12-6-3-7-13-21,22-14-8-4-9-15-22)23-16-10-5-11-17-23/h3-17,20,25,27-28H,2,18-19H2,1H3/t25-/m0/s1. The molecule has 0 unspecified atom stereocenters. The summed E-state index contributed by atoms with van der Waals surface area (Å²) < 4.78 is 6.60. The molecule has 0 saturated heterocycles. The van der Waals surface area contributed by atoms with E-state index < -0.39 is 11.7 Å². The van der Waals surface area contributed by atoms with Crippen LogP contribution in [0, 0.1) is 0 Å². The monoisotopic (exact) mass is 388 g/mol. The molecule has 0 amide bonds. The lowest BCUT2D eigenvalue weighted by Gasteiger charge is -2.36. The summed E-state index contributed by atoms with van der Waals surface area (Å²) in [6.07, 6.45) is 1.62. The molecule has 3 nitrogen and oxygen atoms in total. The summed E-state index contributed by atoms with van der Waals surface area (Å²) in [7, 11) is 0. The van der Waals surface area contributed by atoms with Crippen molar-refractivity contribution in [1.29, 1.82) is 0 Å². The Morgan fingerprint density at radius 2 is 1.24 bits per heavy atom. The molecule has 0 bridgehead atoms. The highest BCUT2D eigenvalue weighted by Crippen LogP contribution is 2.40. The molecule has 0 aliphatic carbocycles. The van der Waals surface area contributed by atoms with Gasteiger partial charge in [-0.15, -0.1) is 0 Å². The highest BCUT2D eigenvalue weighted by molar-refractivity contribution is 5.47. The number of aliphatic hydroxyl groups excluding tert-OH is 2. The maximum atomic E-state index is 10.2. The van der Waals surface area contributed by atoms with Crippen molar-refractivity contribution in [3.63, 3.8) is 0 Å². The summed E-state index contributed by atoms with van der Waals surface area (Å²) in [6.45, 7) is 2.17. The highest BCUT2D eigenvalue weighted by Gasteiger charge is 2.37. The van der Waals surface area contributed by atoms with E-state index in [0.717, 1.165) is 16.7 Å². The minimum atomic E-state index is -0.792. The van der Waals surface area contributed by atoms with Crippen molar-refractivity contribution in [3.05, 3.63) is 120 Å². The van der Waals surface area contributed by atoms with Gasteiger partial charge >= 0.3 is 0 Å². The van der Waals surface area contributed by atoms with Crippen LogP contribution in [0.15, 0.2) is 103 Å². The Morgan fingerprint density at radius 1 is 0.828 bits per heavy atom. The van der Waals surface area contributed by atoms with E-state index >= 15 is 0 Å². The van der Waals surface area contributed by atoms with E-state index in [-0.39, 0.29) is 5.76 Å². The van der Waals surface area contributed by atoms with Gasteiger partial charge in [0, 0.05) is 12.8 Å². The largest absolute Gasteiger partial charge is 0.513 e. The molecule has 0 fully saturated rings. The Morgan fingerprint density at radius 3 is 1.62 bits per heavy atom. The zero-order valence-electron chi connectivity index (χ0n) is 16.7. The van der Waals surface area contributed by atoms with Gasteiger partial charge in [-0.05, 0) is 22.8 Å². The SMILES string of the molecule is CCC(O)=C[C@@H](O)CCOC(c1ccccc1)(c1ccccc1)c1ccccc1. The van der Waals surface area contributed by atoms with Crippen molar-refractivity contribution >= 4 is 0 Å². The predicted molar refractivity (Wildman–Crippen MR) is 117 cm³/mol. The lowest BCUT2D eigenvalue weighted by Crippen LogP contribution is -2.33. The molecule has 1 atom stereocenters. The van der Waals surface area contributed by atoms with E-state index in [4.69, 9.17) is 4.74 Å². The fourth-order valence-corrected chi connectivity index (χ4v) is 3.52. The number of aliphatic hydroxyl groups is 2. The molecule has 3 heteroatoms. The Bertz CT molecular complexity index is 792. The lowest BCUT2D eigenvalue weighted by molar-refractivity contribution is -0.000324. The van der Waals surface area contributed by atoms with Crippen molar-refractivity contribution in [2.24, 2.45) is 0 Å². The summed E-state index contributed by atoms with van der Waals surface area (Å²) in [4.78, 5) is 0. The van der Waals surface area contributed by atoms with Gasteiger partial charge in [0.25, 0.3) is 0 Å². The summed E-state index contributed by atoms with van der Waals surface area (Å²) >= 11 is 0. The maximum Gasteiger partial charge on any atom is 0.143 e. The average Bonchev–Trinajstić information content (AvgIpc) is 2.78. The molecule has 150 valence electrons. The molecule has 0 spiro atoms. The molecule has 3 rings (SSSR count). The minimum Gasteiger partial charge on any atom is -0.513 e. The number of allylic oxidation sites excluding steroid dienone is 1. The van der Waals surface area contributed by atoms with Gasteiger partial charge in [0.1, 0.15) is 5.60 Å². The minimum absolute atomic E-state index is 0.193. The Kier molecular flexibility index (Phi) is 7.23. The first-order valence-corrected chi connectivity index (χ1v) is 10.0. The van der Waals surface area contributed by atoms with Gasteiger partial charge in [-0.2, -0.15) is 0 Å². The molecule has 3 aromatic rings. The fourth-order valence-electron chi connectivity index (χ4n) is 3.52. The molecular weight excluding hydrogens is 360 g/mol. The third-order valence-electron chi connectivity index (χ3n) is 5.02. The van der Waals surface area contributed by atoms with Crippen LogP contribution in [0.2, 0.25) is 0 Å². The van der Waals surface area contributed by atoms with Crippen LogP contribution < -0.4 is 0 Å². The Labute approximate surface area is 172 Å². The molecule has 29 heavy (non-hydrogen) atoms. The smallest absolute Gasteiger partial charge is 0.143 e. The number of rotatable bonds is 9. The number of hydrogen-bond acceptors (Lipinski definition) is 3. The predicted octanol–water partition coefficient (Wildman–Crippen LogP) is 5.60. The number of benzene rings is 3. The van der Waals surface area contributed by atoms with Crippen molar-refractivity contribution < 1.29 is 14.9 Å². The second-order valence-corrected chi connectivity index (χ2v) is 7.00. The highest BCUT2D eigenvalue weighted by atomic mass is 16.5. The van der Waals surface area contributed by atoms with Crippen LogP contribution in [0.5, 0.6) is 0 Å². The number of ether oxygens (including phenoxy) is 1. The summed E-state index contributed by atoms with van der Waals surface area (Å²) in [5, 5.41) is 19.9. The van der Waals surface area contributed by atoms with Crippen LogP contribution in [-0.4, -0.2) is 22.9 Å². The van der Waals surface area contributed by atoms with Gasteiger partial charge in [0.2, 0.25) is 0 Å². The van der Waals surface area contributed by atoms with Gasteiger partial charge in [-0.3, -0.25) is 0 Å². The molecule has 0 radical (unpaired) electrons. The quantitative estimate of drug-likeness (QED) is 0.371. The third-order valence-corrected chi connectivity index (χ3v) is 5.02. The van der Waals surface area contributed by atoms with Crippen LogP contribution >= 0.6 is 0 Å². The second-order valence-electron chi connectivity index (χ2n) is 7.00. The van der Waals surface area contributed by atoms with E-state index in [1.165, 1.54) is 6.08 Å². The normalized spacial score (nSPS) is 13.2. The Balaban J connectivity index is 2.01. The van der Waals surface area contributed by atoms with Gasteiger partial charge in [-0.25, -0.2) is 0 Å². The van der Waals surface area contributed by atoms with E-state index in [1.54, 1.807) is 0 Å². The van der Waals surface area contributed by atoms with Crippen molar-refractivity contribution in [3.8, 4) is 0 Å². The molecule has 0 saturated carbocycles. The zero-order valence-corrected chi connectivity index (χ0v) is 16.7. The van der Waals surface area contributed by atoms with Crippen LogP contribution in [0.4, 0.5) is 0 Å². The molecule has 0 aliphatic heterocycles. The summed E-state index contributed by atoms with van der Waals surface area (Å²) in [5.74, 6) is 0.193. The van der Waals surface area contributed by atoms with Gasteiger partial charge < -0.3 is 14.9 Å². The maximum absolute atomic E-state index is 10.2. The third kappa shape index (κ3) is 4.94. The number of hydrogen-bond donors (Lipinski definition) is 2. The topological polar surface area (TPSA) is 49.7 Å². The molecule has 0 aromatic heterocycles. The Hall–Kier alpha value is -2.88. The molecule has 0 aliphatic rings. The summed E-state index contributed by atoms with van der Waals surface area (Å²) in [6, 6.07) is 30.4. The van der Waals surface area contributed by atoms with Crippen molar-refractivity contribution in [2.45, 2.75) is 31.5 Å². The van der Waals surface area contributed by atoms with Crippen LogP contribution in [0.25, 0.3) is 0 Å². The molecule has 3 aromatic carbocycles. The van der Waals surface area contributed by atoms with E-state index in [1.807, 2.05) is 61.5 Å². The molecule has 2 N–H and O–H groups in total. The first-order chi connectivity index (χ1) is 14.2. The van der Waals surface area contributed by atoms with Crippen LogP contribution in [-0.2, 0) is 10.3 Å². The van der Waals surface area contributed by atoms with Crippen molar-refractivity contribution in [2.75, 3.05) is 6.61 Å². The van der Waals surface area contributed by atoms with Gasteiger partial charge in [0.15, 0.2) is 0 Å². The van der Waals surface area contributed by atoms with Gasteiger partial charge in [-0.1, -0.05) is 97.9 Å². The van der Waals surface area contributed by atoms with E-state index in [9.17, 15) is 10.2 Å². The second kappa shape index (κ2) is 10.1. The first-order valence-electron chi connectivity index (χ1n) is 10.0. The van der Waals surface area contributed by atoms with E-state index in [2.05, 4.69) is 36.4 Å². The van der Waals surface area contributed by atoms with Crippen LogP contribution in [0.3, 0.4) is 0 Å². The lowest BCUT2D eigenvalue weighted by atomic mass is 9.80. The molecular formula is C26H28O3. The fraction of sp³-hybridized carbons (Fsp3) is 0.231. The summed E-state index contributed by atoms with van der Waals surface area (Å²) in [5.41, 5.74) is 2.29.